The molecule has 1 heterocycles. The van der Waals surface area contributed by atoms with Crippen molar-refractivity contribution in [3.63, 3.8) is 0 Å². The van der Waals surface area contributed by atoms with E-state index in [2.05, 4.69) is 43.3 Å². The Bertz CT molecular complexity index is 1010. The summed E-state index contributed by atoms with van der Waals surface area (Å²) in [6, 6.07) is 5.96. The summed E-state index contributed by atoms with van der Waals surface area (Å²) in [6.07, 6.45) is 11.4. The van der Waals surface area contributed by atoms with Crippen LogP contribution in [0.3, 0.4) is 0 Å². The third-order valence-corrected chi connectivity index (χ3v) is 9.08. The summed E-state index contributed by atoms with van der Waals surface area (Å²) in [4.78, 5) is 13.2. The Morgan fingerprint density at radius 2 is 2.12 bits per heavy atom. The van der Waals surface area contributed by atoms with E-state index in [4.69, 9.17) is 0 Å². The molecule has 5 atom stereocenters. The second kappa shape index (κ2) is 8.88. The number of aryl methyl sites for hydroxylation is 3. The highest BCUT2D eigenvalue weighted by molar-refractivity contribution is 5.87. The van der Waals surface area contributed by atoms with Crippen molar-refractivity contribution in [2.75, 3.05) is 0 Å². The minimum Gasteiger partial charge on any atom is -0.508 e. The largest absolute Gasteiger partial charge is 0.508 e. The molecule has 0 aliphatic heterocycles. The van der Waals surface area contributed by atoms with Gasteiger partial charge in [0.2, 0.25) is 0 Å². The summed E-state index contributed by atoms with van der Waals surface area (Å²) in [5, 5.41) is 18.6. The number of ketones is 1. The highest BCUT2D eigenvalue weighted by Crippen LogP contribution is 2.62. The number of fused-ring (bicyclic) bond motifs is 5. The van der Waals surface area contributed by atoms with Crippen LogP contribution in [0.4, 0.5) is 0 Å². The number of benzene rings is 1. The molecule has 0 saturated heterocycles. The summed E-state index contributed by atoms with van der Waals surface area (Å²) in [6.45, 7) is 7.64. The number of carbonyl (C=O) groups is 1. The van der Waals surface area contributed by atoms with Gasteiger partial charge in [-0.1, -0.05) is 32.1 Å². The van der Waals surface area contributed by atoms with Crippen LogP contribution in [0.25, 0.3) is 0 Å². The number of hydrogen-bond acceptors (Lipinski definition) is 4. The molecule has 5 rings (SSSR count). The van der Waals surface area contributed by atoms with Crippen molar-refractivity contribution in [3.05, 3.63) is 41.2 Å². The third-order valence-electron chi connectivity index (χ3n) is 9.08. The molecule has 1 N–H and O–H groups in total. The molecule has 33 heavy (non-hydrogen) atoms. The van der Waals surface area contributed by atoms with E-state index < -0.39 is 0 Å². The summed E-state index contributed by atoms with van der Waals surface area (Å²) >= 11 is 0. The third kappa shape index (κ3) is 4.24. The van der Waals surface area contributed by atoms with E-state index >= 15 is 0 Å². The fourth-order valence-corrected chi connectivity index (χ4v) is 7.41. The number of hydrogen-bond donors (Lipinski definition) is 1. The molecule has 178 valence electrons. The molecule has 2 aromatic rings. The average Bonchev–Trinajstić information content (AvgIpc) is 3.34. The molecular weight excluding hydrogens is 410 g/mol. The summed E-state index contributed by atoms with van der Waals surface area (Å²) < 4.78 is 2.00. The SMILES string of the molecule is CC(C)CCc1cn(CCC[C@@H]2CC(=O)C3(C)CC[C@@H]4c5ccc(O)cc5CC[C@H]4[C@H]23)nn1. The minimum absolute atomic E-state index is 0.141. The number of Topliss-reactive ketones (excluding diaryl/α,β-unsaturated/α-hetero) is 1. The van der Waals surface area contributed by atoms with E-state index in [0.717, 1.165) is 70.0 Å². The smallest absolute Gasteiger partial charge is 0.139 e. The molecular formula is C28H39N3O2. The highest BCUT2D eigenvalue weighted by Gasteiger charge is 2.58. The van der Waals surface area contributed by atoms with Crippen molar-refractivity contribution in [2.24, 2.45) is 29.1 Å². The van der Waals surface area contributed by atoms with Crippen molar-refractivity contribution in [1.82, 2.24) is 15.0 Å². The zero-order valence-corrected chi connectivity index (χ0v) is 20.5. The first-order valence-electron chi connectivity index (χ1n) is 13.1. The van der Waals surface area contributed by atoms with Gasteiger partial charge in [-0.25, -0.2) is 0 Å². The quantitative estimate of drug-likeness (QED) is 0.588. The summed E-state index contributed by atoms with van der Waals surface area (Å²) in [5.74, 6) is 3.67. The van der Waals surface area contributed by atoms with Gasteiger partial charge in [-0.3, -0.25) is 9.48 Å². The molecule has 1 aromatic heterocycles. The van der Waals surface area contributed by atoms with Crippen LogP contribution in [0.2, 0.25) is 0 Å². The number of rotatable bonds is 7. The van der Waals surface area contributed by atoms with Gasteiger partial charge in [0.25, 0.3) is 0 Å². The second-order valence-electron chi connectivity index (χ2n) is 11.6. The molecule has 2 fully saturated rings. The Morgan fingerprint density at radius 3 is 2.94 bits per heavy atom. The molecule has 3 aliphatic rings. The van der Waals surface area contributed by atoms with Crippen molar-refractivity contribution >= 4 is 5.78 Å². The molecule has 1 unspecified atom stereocenters. The molecule has 0 bridgehead atoms. The lowest BCUT2D eigenvalue weighted by Gasteiger charge is -2.50. The average molecular weight is 450 g/mol. The van der Waals surface area contributed by atoms with Gasteiger partial charge < -0.3 is 5.11 Å². The maximum atomic E-state index is 13.2. The normalized spacial score (nSPS) is 30.8. The van der Waals surface area contributed by atoms with Gasteiger partial charge in [-0.05, 0) is 104 Å². The topological polar surface area (TPSA) is 68.0 Å². The first kappa shape index (κ1) is 22.6. The van der Waals surface area contributed by atoms with E-state index in [1.165, 1.54) is 11.1 Å². The monoisotopic (exact) mass is 449 g/mol. The van der Waals surface area contributed by atoms with E-state index in [-0.39, 0.29) is 5.41 Å². The van der Waals surface area contributed by atoms with Crippen LogP contribution in [0, 0.1) is 29.1 Å². The van der Waals surface area contributed by atoms with E-state index in [1.807, 2.05) is 16.8 Å². The standard InChI is InChI=1S/C28H39N3O2/c1-18(2)6-8-21-17-31(30-29-21)14-4-5-20-16-26(33)28(3)13-12-24-23-11-9-22(32)15-19(23)7-10-25(24)27(20)28/h9,11,15,17-18,20,24-25,27,32H,4-8,10,12-14,16H2,1-3H3/t20-,24-,25-,27+,28?/m1/s1. The zero-order valence-electron chi connectivity index (χ0n) is 20.5. The molecule has 1 aromatic carbocycles. The predicted molar refractivity (Wildman–Crippen MR) is 129 cm³/mol. The molecule has 0 amide bonds. The number of aromatic nitrogens is 3. The van der Waals surface area contributed by atoms with Gasteiger partial charge in [-0.15, -0.1) is 5.10 Å². The lowest BCUT2D eigenvalue weighted by atomic mass is 9.54. The van der Waals surface area contributed by atoms with Crippen LogP contribution in [0.1, 0.15) is 88.5 Å². The van der Waals surface area contributed by atoms with E-state index in [1.54, 1.807) is 0 Å². The van der Waals surface area contributed by atoms with Gasteiger partial charge in [0.15, 0.2) is 0 Å². The van der Waals surface area contributed by atoms with Gasteiger partial charge in [0, 0.05) is 24.6 Å². The number of phenols is 1. The van der Waals surface area contributed by atoms with Crippen molar-refractivity contribution in [2.45, 2.75) is 91.0 Å². The van der Waals surface area contributed by atoms with Crippen molar-refractivity contribution in [1.29, 1.82) is 0 Å². The van der Waals surface area contributed by atoms with Crippen LogP contribution in [0.15, 0.2) is 24.4 Å². The maximum Gasteiger partial charge on any atom is 0.139 e. The van der Waals surface area contributed by atoms with E-state index in [9.17, 15) is 9.90 Å². The molecule has 2 saturated carbocycles. The summed E-state index contributed by atoms with van der Waals surface area (Å²) in [7, 11) is 0. The van der Waals surface area contributed by atoms with Crippen LogP contribution in [-0.2, 0) is 24.2 Å². The summed E-state index contributed by atoms with van der Waals surface area (Å²) in [5.41, 5.74) is 3.70. The van der Waals surface area contributed by atoms with Crippen LogP contribution in [-0.4, -0.2) is 25.9 Å². The zero-order chi connectivity index (χ0) is 23.2. The molecule has 5 nitrogen and oxygen atoms in total. The van der Waals surface area contributed by atoms with E-state index in [0.29, 0.717) is 41.1 Å². The van der Waals surface area contributed by atoms with Gasteiger partial charge in [0.1, 0.15) is 11.5 Å². The molecule has 3 aliphatic carbocycles. The fraction of sp³-hybridized carbons (Fsp3) is 0.679. The lowest BCUT2D eigenvalue weighted by Crippen LogP contribution is -2.44. The van der Waals surface area contributed by atoms with Gasteiger partial charge in [0.05, 0.1) is 5.69 Å². The Hall–Kier alpha value is -2.17. The van der Waals surface area contributed by atoms with Crippen molar-refractivity contribution in [3.8, 4) is 5.75 Å². The van der Waals surface area contributed by atoms with Crippen LogP contribution < -0.4 is 0 Å². The number of phenolic OH excluding ortho intramolecular Hbond substituents is 1. The van der Waals surface area contributed by atoms with Gasteiger partial charge >= 0.3 is 0 Å². The Labute approximate surface area is 198 Å². The number of aromatic hydroxyl groups is 1. The first-order valence-corrected chi connectivity index (χ1v) is 13.1. The second-order valence-corrected chi connectivity index (χ2v) is 11.6. The highest BCUT2D eigenvalue weighted by atomic mass is 16.3. The first-order chi connectivity index (χ1) is 15.8. The van der Waals surface area contributed by atoms with Gasteiger partial charge in [-0.2, -0.15) is 0 Å². The molecule has 5 heteroatoms. The number of nitrogens with zero attached hydrogens (tertiary/aromatic N) is 3. The predicted octanol–water partition coefficient (Wildman–Crippen LogP) is 5.70. The van der Waals surface area contributed by atoms with Crippen LogP contribution >= 0.6 is 0 Å². The Morgan fingerprint density at radius 1 is 1.27 bits per heavy atom. The molecule has 0 spiro atoms. The Kier molecular flexibility index (Phi) is 6.09. The van der Waals surface area contributed by atoms with Crippen molar-refractivity contribution < 1.29 is 9.90 Å². The maximum absolute atomic E-state index is 13.2. The lowest BCUT2D eigenvalue weighted by molar-refractivity contribution is -0.129. The Balaban J connectivity index is 1.26. The van der Waals surface area contributed by atoms with Crippen LogP contribution in [0.5, 0.6) is 5.75 Å². The molecule has 0 radical (unpaired) electrons. The fourth-order valence-electron chi connectivity index (χ4n) is 7.41. The minimum atomic E-state index is -0.141. The number of carbonyl (C=O) groups excluding carboxylic acids is 1.